The lowest BCUT2D eigenvalue weighted by Crippen LogP contribution is -2.48. The fourth-order valence-corrected chi connectivity index (χ4v) is 3.57. The van der Waals surface area contributed by atoms with Crippen molar-refractivity contribution in [2.45, 2.75) is 44.2 Å². The quantitative estimate of drug-likeness (QED) is 0.736. The lowest BCUT2D eigenvalue weighted by Gasteiger charge is -2.27. The second-order valence-electron chi connectivity index (χ2n) is 7.23. The number of carbonyl (C=O) groups excluding carboxylic acids is 2. The van der Waals surface area contributed by atoms with Crippen LogP contribution in [0.25, 0.3) is 0 Å². The number of rotatable bonds is 6. The lowest BCUT2D eigenvalue weighted by atomic mass is 9.85. The van der Waals surface area contributed by atoms with E-state index in [0.29, 0.717) is 12.8 Å². The highest BCUT2D eigenvalue weighted by Crippen LogP contribution is 2.23. The summed E-state index contributed by atoms with van der Waals surface area (Å²) in [5.74, 6) is -0.399. The monoisotopic (exact) mass is 365 g/mol. The molecule has 3 rings (SSSR count). The molecular weight excluding hydrogens is 338 g/mol. The van der Waals surface area contributed by atoms with Crippen LogP contribution in [-0.4, -0.2) is 23.9 Å². The maximum atomic E-state index is 12.8. The van der Waals surface area contributed by atoms with Crippen molar-refractivity contribution in [3.05, 3.63) is 66.2 Å². The zero-order valence-electron chi connectivity index (χ0n) is 15.4. The number of hydrogen-bond acceptors (Lipinski definition) is 3. The average Bonchev–Trinajstić information content (AvgIpc) is 2.69. The van der Waals surface area contributed by atoms with Gasteiger partial charge in [0.05, 0.1) is 0 Å². The van der Waals surface area contributed by atoms with Crippen LogP contribution in [0, 0.1) is 5.92 Å². The summed E-state index contributed by atoms with van der Waals surface area (Å²) in [6.07, 6.45) is 3.89. The van der Waals surface area contributed by atoms with Crippen molar-refractivity contribution in [3.63, 3.8) is 0 Å². The lowest BCUT2D eigenvalue weighted by molar-refractivity contribution is -0.130. The second-order valence-corrected chi connectivity index (χ2v) is 7.23. The van der Waals surface area contributed by atoms with Crippen molar-refractivity contribution >= 4 is 17.5 Å². The molecule has 3 unspecified atom stereocenters. The molecule has 0 heterocycles. The third-order valence-corrected chi connectivity index (χ3v) is 5.04. The fraction of sp³-hybridized carbons (Fsp3) is 0.364. The number of carbonyl (C=O) groups is 2. The summed E-state index contributed by atoms with van der Waals surface area (Å²) in [5.41, 5.74) is 7.74. The van der Waals surface area contributed by atoms with E-state index in [2.05, 4.69) is 10.6 Å². The fourth-order valence-electron chi connectivity index (χ4n) is 3.57. The van der Waals surface area contributed by atoms with Gasteiger partial charge in [-0.2, -0.15) is 0 Å². The highest BCUT2D eigenvalue weighted by molar-refractivity contribution is 5.97. The van der Waals surface area contributed by atoms with Crippen LogP contribution in [-0.2, 0) is 16.0 Å². The molecule has 2 amide bonds. The van der Waals surface area contributed by atoms with Crippen molar-refractivity contribution in [1.29, 1.82) is 0 Å². The third-order valence-electron chi connectivity index (χ3n) is 5.04. The third kappa shape index (κ3) is 5.66. The Hall–Kier alpha value is -2.66. The highest BCUT2D eigenvalue weighted by Gasteiger charge is 2.29. The summed E-state index contributed by atoms with van der Waals surface area (Å²) < 4.78 is 0. The molecule has 0 radical (unpaired) electrons. The first-order chi connectivity index (χ1) is 13.1. The Kier molecular flexibility index (Phi) is 6.60. The van der Waals surface area contributed by atoms with E-state index >= 15 is 0 Å². The van der Waals surface area contributed by atoms with Gasteiger partial charge < -0.3 is 16.4 Å². The van der Waals surface area contributed by atoms with Crippen LogP contribution in [0.5, 0.6) is 0 Å². The molecule has 1 aliphatic rings. The molecule has 142 valence electrons. The van der Waals surface area contributed by atoms with E-state index in [1.807, 2.05) is 60.7 Å². The van der Waals surface area contributed by atoms with Gasteiger partial charge in [-0.3, -0.25) is 9.59 Å². The molecule has 27 heavy (non-hydrogen) atoms. The van der Waals surface area contributed by atoms with E-state index in [9.17, 15) is 9.59 Å². The minimum atomic E-state index is -0.627. The number of hydrogen-bond donors (Lipinski definition) is 3. The number of nitrogens with one attached hydrogen (secondary N) is 2. The predicted molar refractivity (Wildman–Crippen MR) is 107 cm³/mol. The van der Waals surface area contributed by atoms with Gasteiger partial charge in [0.15, 0.2) is 0 Å². The number of anilines is 1. The van der Waals surface area contributed by atoms with Gasteiger partial charge in [0.2, 0.25) is 11.8 Å². The Morgan fingerprint density at radius 2 is 1.67 bits per heavy atom. The van der Waals surface area contributed by atoms with E-state index in [4.69, 9.17) is 5.73 Å². The smallest absolute Gasteiger partial charge is 0.247 e. The zero-order valence-corrected chi connectivity index (χ0v) is 15.4. The standard InChI is InChI=1S/C22H27N3O2/c23-18-11-7-10-17(15-18)21(26)25-20(14-16-8-3-1-4-9-16)22(27)24-19-12-5-2-6-13-19/h1-6,8-9,12-13,17-18,20H,7,10-11,14-15,23H2,(H,24,27)(H,25,26). The molecule has 4 N–H and O–H groups in total. The maximum absolute atomic E-state index is 12.8. The number of nitrogens with two attached hydrogens (primary N) is 1. The largest absolute Gasteiger partial charge is 0.344 e. The summed E-state index contributed by atoms with van der Waals surface area (Å²) in [5, 5.41) is 5.87. The summed E-state index contributed by atoms with van der Waals surface area (Å²) in [6.45, 7) is 0. The molecule has 1 aliphatic carbocycles. The molecule has 0 bridgehead atoms. The van der Waals surface area contributed by atoms with Crippen LogP contribution in [0.3, 0.4) is 0 Å². The first kappa shape index (κ1) is 19.1. The Labute approximate surface area is 160 Å². The minimum Gasteiger partial charge on any atom is -0.344 e. The zero-order chi connectivity index (χ0) is 19.1. The van der Waals surface area contributed by atoms with Gasteiger partial charge in [0, 0.05) is 24.1 Å². The predicted octanol–water partition coefficient (Wildman–Crippen LogP) is 2.87. The van der Waals surface area contributed by atoms with E-state index in [-0.39, 0.29) is 23.8 Å². The van der Waals surface area contributed by atoms with Gasteiger partial charge >= 0.3 is 0 Å². The second kappa shape index (κ2) is 9.33. The van der Waals surface area contributed by atoms with Crippen LogP contribution in [0.4, 0.5) is 5.69 Å². The molecule has 2 aromatic rings. The summed E-state index contributed by atoms with van der Waals surface area (Å²) in [4.78, 5) is 25.6. The first-order valence-electron chi connectivity index (χ1n) is 9.57. The summed E-state index contributed by atoms with van der Waals surface area (Å²) in [6, 6.07) is 18.5. The van der Waals surface area contributed by atoms with E-state index in [0.717, 1.165) is 30.5 Å². The van der Waals surface area contributed by atoms with Crippen LogP contribution < -0.4 is 16.4 Å². The summed E-state index contributed by atoms with van der Waals surface area (Å²) in [7, 11) is 0. The van der Waals surface area contributed by atoms with Crippen molar-refractivity contribution in [2.75, 3.05) is 5.32 Å². The van der Waals surface area contributed by atoms with E-state index in [1.165, 1.54) is 0 Å². The normalized spacial score (nSPS) is 20.5. The maximum Gasteiger partial charge on any atom is 0.247 e. The Bertz CT molecular complexity index is 749. The van der Waals surface area contributed by atoms with Crippen molar-refractivity contribution in [3.8, 4) is 0 Å². The Morgan fingerprint density at radius 3 is 2.33 bits per heavy atom. The minimum absolute atomic E-state index is 0.0696. The van der Waals surface area contributed by atoms with Gasteiger partial charge in [0.25, 0.3) is 0 Å². The van der Waals surface area contributed by atoms with Crippen LogP contribution in [0.15, 0.2) is 60.7 Å². The van der Waals surface area contributed by atoms with Gasteiger partial charge in [-0.05, 0) is 37.0 Å². The molecule has 5 heteroatoms. The molecular formula is C22H27N3O2. The van der Waals surface area contributed by atoms with Crippen molar-refractivity contribution in [1.82, 2.24) is 5.32 Å². The molecule has 2 aromatic carbocycles. The molecule has 0 spiro atoms. The SMILES string of the molecule is NC1CCCC(C(=O)NC(Cc2ccccc2)C(=O)Nc2ccccc2)C1. The number of para-hydroxylation sites is 1. The van der Waals surface area contributed by atoms with Gasteiger partial charge in [-0.15, -0.1) is 0 Å². The first-order valence-corrected chi connectivity index (χ1v) is 9.57. The van der Waals surface area contributed by atoms with Crippen LogP contribution in [0.1, 0.15) is 31.2 Å². The highest BCUT2D eigenvalue weighted by atomic mass is 16.2. The van der Waals surface area contributed by atoms with E-state index in [1.54, 1.807) is 0 Å². The van der Waals surface area contributed by atoms with Gasteiger partial charge in [-0.1, -0.05) is 55.0 Å². The van der Waals surface area contributed by atoms with Gasteiger partial charge in [-0.25, -0.2) is 0 Å². The molecule has 1 fully saturated rings. The molecule has 0 aliphatic heterocycles. The topological polar surface area (TPSA) is 84.2 Å². The molecule has 5 nitrogen and oxygen atoms in total. The van der Waals surface area contributed by atoms with Crippen molar-refractivity contribution in [2.24, 2.45) is 11.7 Å². The van der Waals surface area contributed by atoms with Crippen LogP contribution in [0.2, 0.25) is 0 Å². The summed E-state index contributed by atoms with van der Waals surface area (Å²) >= 11 is 0. The van der Waals surface area contributed by atoms with Crippen molar-refractivity contribution < 1.29 is 9.59 Å². The molecule has 3 atom stereocenters. The molecule has 1 saturated carbocycles. The van der Waals surface area contributed by atoms with Crippen LogP contribution >= 0.6 is 0 Å². The molecule has 0 aromatic heterocycles. The Balaban J connectivity index is 1.70. The average molecular weight is 365 g/mol. The molecule has 0 saturated heterocycles. The number of benzene rings is 2. The Morgan fingerprint density at radius 1 is 1.00 bits per heavy atom. The van der Waals surface area contributed by atoms with Gasteiger partial charge in [0.1, 0.15) is 6.04 Å². The van der Waals surface area contributed by atoms with E-state index < -0.39 is 6.04 Å². The number of amides is 2.